The smallest absolute Gasteiger partial charge is 0.252 e. The van der Waals surface area contributed by atoms with Crippen LogP contribution in [0.5, 0.6) is 0 Å². The number of benzene rings is 10. The highest BCUT2D eigenvalue weighted by molar-refractivity contribution is 7.00. The molecule has 4 aliphatic rings. The number of hydrogen-bond acceptors (Lipinski definition) is 0. The van der Waals surface area contributed by atoms with Crippen LogP contribution in [0.3, 0.4) is 0 Å². The topological polar surface area (TPSA) is 9.86 Å². The highest BCUT2D eigenvalue weighted by atomic mass is 15.1. The molecule has 3 aliphatic heterocycles. The SMILES string of the molecule is CC(C)(C)c1ccc2c(c1)C1(c3cc(C(C)(C)C)ccc3-2)c2cc(-c3cccc4cccc(-c5ccccc5)c34)c3c4c2-n2c5c(cc(C(C)(C)C)cc5c5cc(C(C)(C)C)cc1c52)B4c1cc(C(C)(C)C)cc2c4cc(C(C)(C)C)ccc4n-3c12. The van der Waals surface area contributed by atoms with Gasteiger partial charge in [0.2, 0.25) is 0 Å². The lowest BCUT2D eigenvalue weighted by molar-refractivity contribution is 0.583. The molecule has 0 unspecified atom stereocenters. The van der Waals surface area contributed by atoms with Crippen molar-refractivity contribution in [3.05, 3.63) is 219 Å². The summed E-state index contributed by atoms with van der Waals surface area (Å²) in [5, 5.41) is 7.92. The van der Waals surface area contributed by atoms with Gasteiger partial charge in [0.15, 0.2) is 0 Å². The van der Waals surface area contributed by atoms with Crippen molar-refractivity contribution in [1.29, 1.82) is 0 Å². The van der Waals surface area contributed by atoms with Gasteiger partial charge in [-0.3, -0.25) is 0 Å². The second kappa shape index (κ2) is 16.8. The van der Waals surface area contributed by atoms with E-state index >= 15 is 0 Å². The zero-order chi connectivity index (χ0) is 60.2. The third kappa shape index (κ3) is 7.03. The maximum Gasteiger partial charge on any atom is 0.252 e. The molecule has 86 heavy (non-hydrogen) atoms. The van der Waals surface area contributed by atoms with E-state index in [0.29, 0.717) is 0 Å². The Morgan fingerprint density at radius 2 is 0.767 bits per heavy atom. The zero-order valence-corrected chi connectivity index (χ0v) is 54.1. The van der Waals surface area contributed by atoms with Crippen molar-refractivity contribution in [2.45, 2.75) is 163 Å². The van der Waals surface area contributed by atoms with E-state index in [1.54, 1.807) is 0 Å². The molecule has 0 atom stereocenters. The van der Waals surface area contributed by atoms with Crippen LogP contribution in [0.4, 0.5) is 0 Å². The van der Waals surface area contributed by atoms with E-state index < -0.39 is 5.41 Å². The normalized spacial score (nSPS) is 14.9. The number of rotatable bonds is 2. The fourth-order valence-corrected chi connectivity index (χ4v) is 16.2. The summed E-state index contributed by atoms with van der Waals surface area (Å²) < 4.78 is 5.64. The van der Waals surface area contributed by atoms with Gasteiger partial charge in [-0.05, 0) is 180 Å². The van der Waals surface area contributed by atoms with E-state index in [4.69, 9.17) is 0 Å². The molecule has 0 amide bonds. The number of fused-ring (bicyclic) bond motifs is 15. The Hall–Kier alpha value is -7.88. The molecule has 2 aromatic heterocycles. The Morgan fingerprint density at radius 3 is 1.31 bits per heavy atom. The number of nitrogens with zero attached hydrogens (tertiary/aromatic N) is 2. The van der Waals surface area contributed by atoms with Crippen LogP contribution in [0.15, 0.2) is 164 Å². The Bertz CT molecular complexity index is 4960. The van der Waals surface area contributed by atoms with Crippen LogP contribution in [0, 0.1) is 0 Å². The van der Waals surface area contributed by atoms with Crippen molar-refractivity contribution in [3.63, 3.8) is 0 Å². The van der Waals surface area contributed by atoms with Crippen molar-refractivity contribution in [1.82, 2.24) is 9.13 Å². The van der Waals surface area contributed by atoms with Gasteiger partial charge >= 0.3 is 0 Å². The largest absolute Gasteiger partial charge is 0.310 e. The van der Waals surface area contributed by atoms with Crippen LogP contribution in [0.2, 0.25) is 0 Å². The van der Waals surface area contributed by atoms with Gasteiger partial charge in [-0.15, -0.1) is 0 Å². The molecule has 0 radical (unpaired) electrons. The van der Waals surface area contributed by atoms with E-state index in [-0.39, 0.29) is 39.2 Å². The van der Waals surface area contributed by atoms with E-state index in [1.807, 2.05) is 0 Å². The van der Waals surface area contributed by atoms with Crippen molar-refractivity contribution in [2.24, 2.45) is 0 Å². The molecule has 1 aliphatic carbocycles. The van der Waals surface area contributed by atoms with E-state index in [2.05, 4.69) is 298 Å². The molecule has 0 saturated heterocycles. The van der Waals surface area contributed by atoms with Crippen LogP contribution >= 0.6 is 0 Å². The minimum atomic E-state index is -0.735. The Morgan fingerprint density at radius 1 is 0.314 bits per heavy atom. The maximum absolute atomic E-state index is 2.85. The fourth-order valence-electron chi connectivity index (χ4n) is 16.2. The predicted molar refractivity (Wildman–Crippen MR) is 371 cm³/mol. The molecule has 5 heterocycles. The van der Waals surface area contributed by atoms with Crippen LogP contribution in [0.1, 0.15) is 180 Å². The van der Waals surface area contributed by atoms with Crippen LogP contribution in [0.25, 0.3) is 99.1 Å². The van der Waals surface area contributed by atoms with Crippen LogP contribution in [-0.2, 0) is 37.9 Å². The van der Waals surface area contributed by atoms with Gasteiger partial charge < -0.3 is 9.13 Å². The summed E-state index contributed by atoms with van der Waals surface area (Å²) in [6.07, 6.45) is 0. The van der Waals surface area contributed by atoms with Gasteiger partial charge in [-0.2, -0.15) is 0 Å². The molecular formula is C83H81BN2. The highest BCUT2D eigenvalue weighted by Gasteiger charge is 2.56. The van der Waals surface area contributed by atoms with Gasteiger partial charge in [-0.1, -0.05) is 252 Å². The third-order valence-electron chi connectivity index (χ3n) is 21.0. The van der Waals surface area contributed by atoms with Gasteiger partial charge in [0.1, 0.15) is 0 Å². The van der Waals surface area contributed by atoms with E-state index in [1.165, 1.54) is 171 Å². The van der Waals surface area contributed by atoms with E-state index in [0.717, 1.165) is 0 Å². The molecule has 3 heteroatoms. The molecular weight excluding hydrogens is 1040 g/mol. The molecule has 0 bridgehead atoms. The zero-order valence-electron chi connectivity index (χ0n) is 54.1. The average Bonchev–Trinajstić information content (AvgIpc) is 1.39. The summed E-state index contributed by atoms with van der Waals surface area (Å²) in [6.45, 7) is 43.3. The summed E-state index contributed by atoms with van der Waals surface area (Å²) in [6, 6.07) is 66.7. The molecule has 12 aromatic rings. The van der Waals surface area contributed by atoms with Gasteiger partial charge in [-0.25, -0.2) is 0 Å². The molecule has 2 nitrogen and oxygen atoms in total. The second-order valence-electron chi connectivity index (χ2n) is 32.6. The first kappa shape index (κ1) is 53.6. The van der Waals surface area contributed by atoms with Crippen LogP contribution in [-0.4, -0.2) is 15.8 Å². The summed E-state index contributed by atoms with van der Waals surface area (Å²) in [5.41, 5.74) is 32.3. The lowest BCUT2D eigenvalue weighted by Crippen LogP contribution is -2.61. The summed E-state index contributed by atoms with van der Waals surface area (Å²) in [4.78, 5) is 0. The molecule has 10 aromatic carbocycles. The lowest BCUT2D eigenvalue weighted by Gasteiger charge is -2.45. The summed E-state index contributed by atoms with van der Waals surface area (Å²) in [7, 11) is 0. The number of hydrogen-bond donors (Lipinski definition) is 0. The molecule has 16 rings (SSSR count). The van der Waals surface area contributed by atoms with Crippen LogP contribution < -0.4 is 16.4 Å². The first-order chi connectivity index (χ1) is 40.5. The Labute approximate surface area is 510 Å². The quantitative estimate of drug-likeness (QED) is 0.153. The second-order valence-corrected chi connectivity index (χ2v) is 32.6. The minimum Gasteiger partial charge on any atom is -0.310 e. The molecule has 0 N–H and O–H groups in total. The van der Waals surface area contributed by atoms with Crippen molar-refractivity contribution in [3.8, 4) is 44.8 Å². The monoisotopic (exact) mass is 1120 g/mol. The van der Waals surface area contributed by atoms with Gasteiger partial charge in [0.25, 0.3) is 6.71 Å². The van der Waals surface area contributed by atoms with Crippen molar-refractivity contribution >= 4 is 77.5 Å². The van der Waals surface area contributed by atoms with Crippen molar-refractivity contribution < 1.29 is 0 Å². The molecule has 426 valence electrons. The first-order valence-corrected chi connectivity index (χ1v) is 31.9. The maximum atomic E-state index is 2.85. The molecule has 1 spiro atoms. The number of aromatic nitrogens is 2. The first-order valence-electron chi connectivity index (χ1n) is 31.9. The Balaban J connectivity index is 1.24. The van der Waals surface area contributed by atoms with Gasteiger partial charge in [0, 0.05) is 43.8 Å². The predicted octanol–water partition coefficient (Wildman–Crippen LogP) is 20.0. The van der Waals surface area contributed by atoms with Gasteiger partial charge in [0.05, 0.1) is 22.1 Å². The van der Waals surface area contributed by atoms with E-state index in [9.17, 15) is 0 Å². The third-order valence-corrected chi connectivity index (χ3v) is 21.0. The molecule has 0 fully saturated rings. The standard InChI is InChI=1S/C83H81BN2/c1-77(2,3)48-32-35-69-58(36-48)59-38-52(81(13,14)15)43-67-73(59)85(69)75-62(57-29-23-27-47-26-22-28-54(70(47)57)46-24-20-19-21-25-46)45-66-76-71(75)84(67)68-44-53(82(16,17)18)39-61-60-37-51(80(10,11)12)42-65(72(60)86(76)74(61)68)83(66)63-40-49(78(4,5)6)30-33-55(63)56-34-31-50(41-64(56)83)79(7,8)9/h19-45H,1-18H3. The molecule has 0 saturated carbocycles. The average molecular weight is 1120 g/mol. The highest BCUT2D eigenvalue weighted by Crippen LogP contribution is 2.64. The van der Waals surface area contributed by atoms with Crippen molar-refractivity contribution in [2.75, 3.05) is 0 Å². The lowest BCUT2D eigenvalue weighted by atomic mass is 9.33. The minimum absolute atomic E-state index is 0.0479. The fraction of sp³-hybridized carbons (Fsp3) is 0.301. The Kier molecular flexibility index (Phi) is 10.5. The summed E-state index contributed by atoms with van der Waals surface area (Å²) >= 11 is 0. The summed E-state index contributed by atoms with van der Waals surface area (Å²) in [5.74, 6) is 0.